The number of carbonyl (C=O) groups is 1. The molecular formula is C8H6BrClO4S. The van der Waals surface area contributed by atoms with E-state index in [0.29, 0.717) is 4.47 Å². The summed E-state index contributed by atoms with van der Waals surface area (Å²) in [5.41, 5.74) is -0.0475. The Morgan fingerprint density at radius 1 is 1.47 bits per heavy atom. The number of carboxylic acid groups (broad SMARTS) is 1. The van der Waals surface area contributed by atoms with Crippen molar-refractivity contribution < 1.29 is 18.3 Å². The third kappa shape index (κ3) is 2.70. The molecule has 1 rings (SSSR count). The van der Waals surface area contributed by atoms with Gasteiger partial charge in [0, 0.05) is 15.2 Å². The molecule has 1 aromatic carbocycles. The molecule has 0 amide bonds. The van der Waals surface area contributed by atoms with Gasteiger partial charge in [-0.3, -0.25) is 0 Å². The lowest BCUT2D eigenvalue weighted by atomic mass is 10.1. The highest BCUT2D eigenvalue weighted by Gasteiger charge is 2.23. The number of aromatic carboxylic acids is 1. The number of carboxylic acids is 1. The Morgan fingerprint density at radius 2 is 2.00 bits per heavy atom. The van der Waals surface area contributed by atoms with E-state index in [9.17, 15) is 13.2 Å². The van der Waals surface area contributed by atoms with Crippen molar-refractivity contribution in [3.8, 4) is 0 Å². The first-order valence-electron chi connectivity index (χ1n) is 3.71. The Kier molecular flexibility index (Phi) is 3.42. The van der Waals surface area contributed by atoms with E-state index >= 15 is 0 Å². The van der Waals surface area contributed by atoms with E-state index in [-0.39, 0.29) is 16.0 Å². The van der Waals surface area contributed by atoms with Gasteiger partial charge < -0.3 is 5.11 Å². The Hall–Kier alpha value is -0.590. The summed E-state index contributed by atoms with van der Waals surface area (Å²) in [7, 11) is 1.10. The maximum absolute atomic E-state index is 11.2. The summed E-state index contributed by atoms with van der Waals surface area (Å²) in [6.45, 7) is 1.48. The number of aryl methyl sites for hydroxylation is 1. The van der Waals surface area contributed by atoms with Crippen molar-refractivity contribution >= 4 is 41.6 Å². The predicted molar refractivity (Wildman–Crippen MR) is 58.9 cm³/mol. The van der Waals surface area contributed by atoms with E-state index in [2.05, 4.69) is 15.9 Å². The number of hydrogen-bond donors (Lipinski definition) is 1. The van der Waals surface area contributed by atoms with Gasteiger partial charge in [0.05, 0.1) is 10.5 Å². The molecule has 0 saturated heterocycles. The molecule has 0 saturated carbocycles. The minimum atomic E-state index is -4.06. The third-order valence-corrected chi connectivity index (χ3v) is 3.66. The number of benzene rings is 1. The second-order valence-corrected chi connectivity index (χ2v) is 6.26. The van der Waals surface area contributed by atoms with Gasteiger partial charge in [0.25, 0.3) is 9.05 Å². The Balaban J connectivity index is 3.70. The smallest absolute Gasteiger partial charge is 0.337 e. The van der Waals surface area contributed by atoms with Crippen LogP contribution in [0, 0.1) is 6.92 Å². The molecule has 7 heteroatoms. The van der Waals surface area contributed by atoms with Crippen LogP contribution in [0.1, 0.15) is 15.9 Å². The van der Waals surface area contributed by atoms with Crippen LogP contribution in [0.3, 0.4) is 0 Å². The summed E-state index contributed by atoms with van der Waals surface area (Å²) >= 11 is 3.08. The van der Waals surface area contributed by atoms with Gasteiger partial charge in [-0.25, -0.2) is 13.2 Å². The summed E-state index contributed by atoms with van der Waals surface area (Å²) in [4.78, 5) is 10.5. The molecule has 0 aliphatic rings. The number of halogens is 2. The minimum Gasteiger partial charge on any atom is -0.478 e. The van der Waals surface area contributed by atoms with Crippen LogP contribution in [-0.4, -0.2) is 19.5 Å². The number of hydrogen-bond acceptors (Lipinski definition) is 3. The van der Waals surface area contributed by atoms with Gasteiger partial charge >= 0.3 is 5.97 Å². The second-order valence-electron chi connectivity index (χ2n) is 2.84. The molecule has 0 bridgehead atoms. The van der Waals surface area contributed by atoms with Crippen molar-refractivity contribution in [2.75, 3.05) is 0 Å². The zero-order valence-corrected chi connectivity index (χ0v) is 10.6. The summed E-state index contributed by atoms with van der Waals surface area (Å²) in [5, 5.41) is 8.83. The van der Waals surface area contributed by atoms with Crippen molar-refractivity contribution in [2.24, 2.45) is 0 Å². The van der Waals surface area contributed by atoms with Gasteiger partial charge in [0.15, 0.2) is 0 Å². The van der Waals surface area contributed by atoms with Crippen LogP contribution in [0.4, 0.5) is 0 Å². The van der Waals surface area contributed by atoms with Crippen molar-refractivity contribution in [1.29, 1.82) is 0 Å². The molecule has 0 heterocycles. The topological polar surface area (TPSA) is 71.4 Å². The van der Waals surface area contributed by atoms with Gasteiger partial charge in [-0.15, -0.1) is 0 Å². The highest BCUT2D eigenvalue weighted by molar-refractivity contribution is 9.10. The van der Waals surface area contributed by atoms with Crippen LogP contribution in [0.5, 0.6) is 0 Å². The van der Waals surface area contributed by atoms with Crippen LogP contribution in [-0.2, 0) is 9.05 Å². The van der Waals surface area contributed by atoms with Crippen LogP contribution < -0.4 is 0 Å². The summed E-state index contributed by atoms with van der Waals surface area (Å²) < 4.78 is 22.8. The van der Waals surface area contributed by atoms with E-state index < -0.39 is 15.0 Å². The van der Waals surface area contributed by atoms with E-state index in [0.717, 1.165) is 0 Å². The first-order chi connectivity index (χ1) is 6.73. The molecule has 4 nitrogen and oxygen atoms in total. The summed E-state index contributed by atoms with van der Waals surface area (Å²) in [6, 6.07) is 2.69. The molecule has 0 fully saturated rings. The lowest BCUT2D eigenvalue weighted by molar-refractivity contribution is 0.0692. The van der Waals surface area contributed by atoms with Crippen molar-refractivity contribution in [2.45, 2.75) is 11.8 Å². The van der Waals surface area contributed by atoms with Gasteiger partial charge in [-0.05, 0) is 24.6 Å². The maximum atomic E-state index is 11.2. The van der Waals surface area contributed by atoms with Crippen molar-refractivity contribution in [3.63, 3.8) is 0 Å². The van der Waals surface area contributed by atoms with E-state index in [1.54, 1.807) is 0 Å². The maximum Gasteiger partial charge on any atom is 0.337 e. The molecule has 0 aliphatic heterocycles. The number of rotatable bonds is 2. The summed E-state index contributed by atoms with van der Waals surface area (Å²) in [6.07, 6.45) is 0. The highest BCUT2D eigenvalue weighted by Crippen LogP contribution is 2.27. The van der Waals surface area contributed by atoms with Crippen LogP contribution in [0.25, 0.3) is 0 Å². The van der Waals surface area contributed by atoms with Gasteiger partial charge in [-0.1, -0.05) is 15.9 Å². The predicted octanol–water partition coefficient (Wildman–Crippen LogP) is 2.38. The second kappa shape index (κ2) is 4.11. The molecule has 82 valence electrons. The Bertz CT molecular complexity index is 524. The fourth-order valence-corrected chi connectivity index (χ4v) is 3.25. The first kappa shape index (κ1) is 12.5. The molecule has 1 aromatic rings. The fraction of sp³-hybridized carbons (Fsp3) is 0.125. The first-order valence-corrected chi connectivity index (χ1v) is 6.82. The third-order valence-electron chi connectivity index (χ3n) is 1.71. The zero-order chi connectivity index (χ0) is 11.8. The Labute approximate surface area is 99.4 Å². The monoisotopic (exact) mass is 312 g/mol. The molecule has 0 aromatic heterocycles. The molecule has 0 atom stereocenters. The molecule has 1 N–H and O–H groups in total. The average Bonchev–Trinajstić information content (AvgIpc) is 1.99. The lowest BCUT2D eigenvalue weighted by Gasteiger charge is -2.06. The standard InChI is InChI=1S/C8H6BrClO4S/c1-4-2-5(9)3-6(8(11)12)7(4)15(10,13)14/h2-3H,1H3,(H,11,12). The highest BCUT2D eigenvalue weighted by atomic mass is 79.9. The molecule has 15 heavy (non-hydrogen) atoms. The lowest BCUT2D eigenvalue weighted by Crippen LogP contribution is -2.07. The van der Waals surface area contributed by atoms with Crippen LogP contribution in [0.15, 0.2) is 21.5 Å². The molecule has 0 spiro atoms. The SMILES string of the molecule is Cc1cc(Br)cc(C(=O)O)c1S(=O)(=O)Cl. The molecule has 0 radical (unpaired) electrons. The molecular weight excluding hydrogens is 308 g/mol. The van der Waals surface area contributed by atoms with E-state index in [4.69, 9.17) is 15.8 Å². The molecule has 0 unspecified atom stereocenters. The van der Waals surface area contributed by atoms with E-state index in [1.807, 2.05) is 0 Å². The van der Waals surface area contributed by atoms with Crippen LogP contribution in [0.2, 0.25) is 0 Å². The zero-order valence-electron chi connectivity index (χ0n) is 7.49. The Morgan fingerprint density at radius 3 is 2.40 bits per heavy atom. The van der Waals surface area contributed by atoms with E-state index in [1.165, 1.54) is 19.1 Å². The van der Waals surface area contributed by atoms with Crippen molar-refractivity contribution in [3.05, 3.63) is 27.7 Å². The van der Waals surface area contributed by atoms with Crippen molar-refractivity contribution in [1.82, 2.24) is 0 Å². The average molecular weight is 314 g/mol. The quantitative estimate of drug-likeness (QED) is 0.851. The normalized spacial score (nSPS) is 11.4. The van der Waals surface area contributed by atoms with Crippen LogP contribution >= 0.6 is 26.6 Å². The van der Waals surface area contributed by atoms with Gasteiger partial charge in [0.2, 0.25) is 0 Å². The summed E-state index contributed by atoms with van der Waals surface area (Å²) in [5.74, 6) is -1.33. The molecule has 0 aliphatic carbocycles. The van der Waals surface area contributed by atoms with Gasteiger partial charge in [-0.2, -0.15) is 0 Å². The largest absolute Gasteiger partial charge is 0.478 e. The van der Waals surface area contributed by atoms with Gasteiger partial charge in [0.1, 0.15) is 0 Å². The fourth-order valence-electron chi connectivity index (χ4n) is 1.21. The minimum absolute atomic E-state index is 0.289.